The summed E-state index contributed by atoms with van der Waals surface area (Å²) in [6, 6.07) is 6.80. The fourth-order valence-corrected chi connectivity index (χ4v) is 2.34. The number of nitrogens with zero attached hydrogens (tertiary/aromatic N) is 1. The molecular formula is C16H17NO5. The van der Waals surface area contributed by atoms with Crippen LogP contribution >= 0.6 is 0 Å². The van der Waals surface area contributed by atoms with Crippen molar-refractivity contribution >= 4 is 23.3 Å². The number of Topliss-reactive ketones (excluding diaryl/α,β-unsaturated/α-hetero) is 1. The summed E-state index contributed by atoms with van der Waals surface area (Å²) in [4.78, 5) is 37.5. The van der Waals surface area contributed by atoms with Gasteiger partial charge >= 0.3 is 5.97 Å². The van der Waals surface area contributed by atoms with E-state index >= 15 is 0 Å². The first kappa shape index (κ1) is 15.8. The molecule has 0 N–H and O–H groups in total. The molecule has 116 valence electrons. The van der Waals surface area contributed by atoms with Crippen LogP contribution in [0.15, 0.2) is 35.5 Å². The van der Waals surface area contributed by atoms with E-state index in [9.17, 15) is 14.4 Å². The fraction of sp³-hybridized carbons (Fsp3) is 0.312. The average molecular weight is 303 g/mol. The third-order valence-electron chi connectivity index (χ3n) is 3.35. The lowest BCUT2D eigenvalue weighted by atomic mass is 10.00. The summed E-state index contributed by atoms with van der Waals surface area (Å²) in [5, 5.41) is 0. The number of rotatable bonds is 4. The number of carbonyl (C=O) groups is 3. The van der Waals surface area contributed by atoms with E-state index in [0.29, 0.717) is 11.4 Å². The van der Waals surface area contributed by atoms with Crippen molar-refractivity contribution in [3.63, 3.8) is 0 Å². The van der Waals surface area contributed by atoms with Crippen LogP contribution in [0.2, 0.25) is 0 Å². The molecule has 0 aromatic heterocycles. The highest BCUT2D eigenvalue weighted by atomic mass is 16.5. The van der Waals surface area contributed by atoms with Gasteiger partial charge in [-0.3, -0.25) is 14.5 Å². The van der Waals surface area contributed by atoms with E-state index in [2.05, 4.69) is 0 Å². The van der Waals surface area contributed by atoms with Gasteiger partial charge in [-0.1, -0.05) is 0 Å². The Balaban J connectivity index is 2.45. The highest BCUT2D eigenvalue weighted by molar-refractivity contribution is 6.27. The van der Waals surface area contributed by atoms with Gasteiger partial charge in [0.1, 0.15) is 11.3 Å². The third kappa shape index (κ3) is 2.86. The number of benzene rings is 1. The van der Waals surface area contributed by atoms with Crippen molar-refractivity contribution in [3.8, 4) is 5.75 Å². The molecule has 0 bridgehead atoms. The van der Waals surface area contributed by atoms with Crippen molar-refractivity contribution in [3.05, 3.63) is 35.5 Å². The van der Waals surface area contributed by atoms with Crippen LogP contribution in [0.1, 0.15) is 20.3 Å². The Labute approximate surface area is 128 Å². The molecule has 0 atom stereocenters. The van der Waals surface area contributed by atoms with Gasteiger partial charge in [0, 0.05) is 11.4 Å². The zero-order valence-electron chi connectivity index (χ0n) is 12.7. The van der Waals surface area contributed by atoms with Crippen LogP contribution in [0.3, 0.4) is 0 Å². The van der Waals surface area contributed by atoms with E-state index in [0.717, 1.165) is 0 Å². The van der Waals surface area contributed by atoms with Gasteiger partial charge in [-0.05, 0) is 38.1 Å². The summed E-state index contributed by atoms with van der Waals surface area (Å²) in [5.74, 6) is -0.932. The van der Waals surface area contributed by atoms with Crippen molar-refractivity contribution in [1.82, 2.24) is 0 Å². The number of amides is 1. The maximum Gasteiger partial charge on any atom is 0.343 e. The molecule has 0 saturated carbocycles. The maximum absolute atomic E-state index is 12.2. The fourth-order valence-electron chi connectivity index (χ4n) is 2.34. The highest BCUT2D eigenvalue weighted by Gasteiger charge is 2.35. The Morgan fingerprint density at radius 2 is 1.86 bits per heavy atom. The number of hydrogen-bond acceptors (Lipinski definition) is 5. The quantitative estimate of drug-likeness (QED) is 0.482. The van der Waals surface area contributed by atoms with Gasteiger partial charge in [0.2, 0.25) is 5.91 Å². The van der Waals surface area contributed by atoms with Crippen LogP contribution < -0.4 is 9.64 Å². The minimum absolute atomic E-state index is 0.0720. The molecule has 6 heteroatoms. The number of ketones is 1. The zero-order valence-corrected chi connectivity index (χ0v) is 12.7. The van der Waals surface area contributed by atoms with Gasteiger partial charge in [-0.25, -0.2) is 4.79 Å². The van der Waals surface area contributed by atoms with Gasteiger partial charge in [0.05, 0.1) is 20.1 Å². The van der Waals surface area contributed by atoms with Crippen LogP contribution in [-0.4, -0.2) is 31.4 Å². The van der Waals surface area contributed by atoms with E-state index in [1.807, 2.05) is 0 Å². The molecule has 1 aliphatic heterocycles. The van der Waals surface area contributed by atoms with Gasteiger partial charge in [-0.15, -0.1) is 0 Å². The summed E-state index contributed by atoms with van der Waals surface area (Å²) >= 11 is 0. The Morgan fingerprint density at radius 1 is 1.23 bits per heavy atom. The standard InChI is InChI=1S/C16H17NO5/c1-4-22-16(20)15-10(2)17(14(19)9-13(15)18)11-5-7-12(21-3)8-6-11/h5-8H,4,9H2,1-3H3. The lowest BCUT2D eigenvalue weighted by molar-refractivity contribution is -0.140. The van der Waals surface area contributed by atoms with Gasteiger partial charge in [0.15, 0.2) is 5.78 Å². The number of esters is 1. The van der Waals surface area contributed by atoms with Crippen molar-refractivity contribution in [2.75, 3.05) is 18.6 Å². The second kappa shape index (κ2) is 6.43. The minimum Gasteiger partial charge on any atom is -0.497 e. The van der Waals surface area contributed by atoms with E-state index in [1.54, 1.807) is 45.2 Å². The Bertz CT molecular complexity index is 645. The molecular weight excluding hydrogens is 286 g/mol. The molecule has 6 nitrogen and oxygen atoms in total. The SMILES string of the molecule is CCOC(=O)C1=C(C)N(c2ccc(OC)cc2)C(=O)CC1=O. The van der Waals surface area contributed by atoms with Crippen LogP contribution in [0, 0.1) is 0 Å². The summed E-state index contributed by atoms with van der Waals surface area (Å²) in [6.45, 7) is 3.39. The molecule has 0 unspecified atom stereocenters. The molecule has 0 aliphatic carbocycles. The Hall–Kier alpha value is -2.63. The van der Waals surface area contributed by atoms with Crippen LogP contribution in [0.4, 0.5) is 5.69 Å². The Kier molecular flexibility index (Phi) is 4.60. The smallest absolute Gasteiger partial charge is 0.343 e. The van der Waals surface area contributed by atoms with Crippen molar-refractivity contribution in [2.24, 2.45) is 0 Å². The molecule has 0 spiro atoms. The molecule has 1 aromatic carbocycles. The van der Waals surface area contributed by atoms with Crippen molar-refractivity contribution < 1.29 is 23.9 Å². The van der Waals surface area contributed by atoms with Gasteiger partial charge in [0.25, 0.3) is 0 Å². The third-order valence-corrected chi connectivity index (χ3v) is 3.35. The molecule has 1 aliphatic rings. The second-order valence-corrected chi connectivity index (χ2v) is 4.71. The molecule has 1 aromatic rings. The average Bonchev–Trinajstić information content (AvgIpc) is 2.47. The van der Waals surface area contributed by atoms with E-state index in [-0.39, 0.29) is 30.2 Å². The molecule has 0 fully saturated rings. The van der Waals surface area contributed by atoms with E-state index in [4.69, 9.17) is 9.47 Å². The maximum atomic E-state index is 12.2. The summed E-state index contributed by atoms with van der Waals surface area (Å²) in [6.07, 6.45) is -0.350. The summed E-state index contributed by atoms with van der Waals surface area (Å²) in [7, 11) is 1.55. The number of carbonyl (C=O) groups excluding carboxylic acids is 3. The first-order valence-corrected chi connectivity index (χ1v) is 6.87. The number of methoxy groups -OCH3 is 1. The largest absolute Gasteiger partial charge is 0.497 e. The summed E-state index contributed by atoms with van der Waals surface area (Å²) in [5.41, 5.74) is 0.778. The molecule has 22 heavy (non-hydrogen) atoms. The molecule has 1 heterocycles. The lowest BCUT2D eigenvalue weighted by Crippen LogP contribution is -2.39. The minimum atomic E-state index is -0.698. The second-order valence-electron chi connectivity index (χ2n) is 4.71. The molecule has 1 amide bonds. The predicted molar refractivity (Wildman–Crippen MR) is 79.4 cm³/mol. The van der Waals surface area contributed by atoms with Crippen molar-refractivity contribution in [2.45, 2.75) is 20.3 Å². The first-order valence-electron chi connectivity index (χ1n) is 6.87. The van der Waals surface area contributed by atoms with Crippen molar-refractivity contribution in [1.29, 1.82) is 0 Å². The van der Waals surface area contributed by atoms with Crippen LogP contribution in [-0.2, 0) is 19.1 Å². The monoisotopic (exact) mass is 303 g/mol. The van der Waals surface area contributed by atoms with Crippen LogP contribution in [0.25, 0.3) is 0 Å². The molecule has 2 rings (SSSR count). The summed E-state index contributed by atoms with van der Waals surface area (Å²) < 4.78 is 9.98. The van der Waals surface area contributed by atoms with Gasteiger partial charge < -0.3 is 9.47 Å². The molecule has 0 radical (unpaired) electrons. The lowest BCUT2D eigenvalue weighted by Gasteiger charge is -2.28. The highest BCUT2D eigenvalue weighted by Crippen LogP contribution is 2.29. The first-order chi connectivity index (χ1) is 10.5. The predicted octanol–water partition coefficient (Wildman–Crippen LogP) is 1.84. The number of ether oxygens (including phenoxy) is 2. The number of hydrogen-bond donors (Lipinski definition) is 0. The zero-order chi connectivity index (χ0) is 16.3. The van der Waals surface area contributed by atoms with Gasteiger partial charge in [-0.2, -0.15) is 0 Å². The number of allylic oxidation sites excluding steroid dienone is 1. The number of anilines is 1. The normalized spacial score (nSPS) is 15.1. The van der Waals surface area contributed by atoms with Crippen LogP contribution in [0.5, 0.6) is 5.75 Å². The van der Waals surface area contributed by atoms with E-state index < -0.39 is 11.8 Å². The topological polar surface area (TPSA) is 72.9 Å². The molecule has 0 saturated heterocycles. The Morgan fingerprint density at radius 3 is 2.41 bits per heavy atom. The van der Waals surface area contributed by atoms with E-state index in [1.165, 1.54) is 4.90 Å².